The van der Waals surface area contributed by atoms with Gasteiger partial charge in [0.2, 0.25) is 0 Å². The summed E-state index contributed by atoms with van der Waals surface area (Å²) in [6, 6.07) is 17.4. The monoisotopic (exact) mass is 252 g/mol. The molecule has 1 aliphatic rings. The molecule has 0 spiro atoms. The van der Waals surface area contributed by atoms with Gasteiger partial charge in [0.05, 0.1) is 0 Å². The van der Waals surface area contributed by atoms with Gasteiger partial charge < -0.3 is 11.5 Å². The second-order valence-electron chi connectivity index (χ2n) is 5.23. The number of fused-ring (bicyclic) bond motifs is 3. The van der Waals surface area contributed by atoms with E-state index in [0.717, 1.165) is 6.42 Å². The highest BCUT2D eigenvalue weighted by atomic mass is 14.6. The lowest BCUT2D eigenvalue weighted by atomic mass is 9.82. The van der Waals surface area contributed by atoms with E-state index in [-0.39, 0.29) is 0 Å². The molecule has 2 aromatic carbocycles. The van der Waals surface area contributed by atoms with Crippen molar-refractivity contribution in [1.29, 1.82) is 0 Å². The first-order valence-electron chi connectivity index (χ1n) is 6.95. The molecule has 0 fully saturated rings. The van der Waals surface area contributed by atoms with Gasteiger partial charge in [-0.1, -0.05) is 48.5 Å². The molecule has 0 amide bonds. The fourth-order valence-electron chi connectivity index (χ4n) is 3.34. The quantitative estimate of drug-likeness (QED) is 0.879. The largest absolute Gasteiger partial charge is 0.330 e. The lowest BCUT2D eigenvalue weighted by molar-refractivity contribution is 0.455. The molecule has 0 aliphatic heterocycles. The average Bonchev–Trinajstić information content (AvgIpc) is 2.80. The van der Waals surface area contributed by atoms with Gasteiger partial charge in [0.15, 0.2) is 0 Å². The van der Waals surface area contributed by atoms with Crippen LogP contribution >= 0.6 is 0 Å². The maximum absolute atomic E-state index is 6.00. The van der Waals surface area contributed by atoms with Crippen LogP contribution in [0.5, 0.6) is 0 Å². The third-order valence-corrected chi connectivity index (χ3v) is 4.19. The summed E-state index contributed by atoms with van der Waals surface area (Å²) >= 11 is 0. The van der Waals surface area contributed by atoms with E-state index in [1.165, 1.54) is 22.3 Å². The Hall–Kier alpha value is -1.64. The molecule has 0 aromatic heterocycles. The molecule has 4 N–H and O–H groups in total. The molecular weight excluding hydrogens is 232 g/mol. The number of rotatable bonds is 4. The predicted octanol–water partition coefficient (Wildman–Crippen LogP) is 2.72. The number of hydrogen-bond donors (Lipinski definition) is 2. The Morgan fingerprint density at radius 1 is 0.842 bits per heavy atom. The van der Waals surface area contributed by atoms with Crippen LogP contribution in [-0.4, -0.2) is 13.1 Å². The molecule has 0 saturated carbocycles. The van der Waals surface area contributed by atoms with Crippen LogP contribution in [0.3, 0.4) is 0 Å². The number of nitrogens with two attached hydrogens (primary N) is 2. The van der Waals surface area contributed by atoms with Gasteiger partial charge in [-0.25, -0.2) is 0 Å². The summed E-state index contributed by atoms with van der Waals surface area (Å²) in [5, 5.41) is 0. The van der Waals surface area contributed by atoms with Gasteiger partial charge in [-0.2, -0.15) is 0 Å². The molecule has 2 heteroatoms. The van der Waals surface area contributed by atoms with E-state index in [1.54, 1.807) is 0 Å². The fraction of sp³-hybridized carbons (Fsp3) is 0.294. The van der Waals surface area contributed by atoms with Crippen molar-refractivity contribution in [3.05, 3.63) is 59.7 Å². The van der Waals surface area contributed by atoms with Gasteiger partial charge in [0, 0.05) is 5.92 Å². The maximum Gasteiger partial charge on any atom is 0.0142 e. The van der Waals surface area contributed by atoms with Crippen LogP contribution in [0.2, 0.25) is 0 Å². The van der Waals surface area contributed by atoms with Crippen LogP contribution in [0, 0.1) is 5.92 Å². The molecule has 1 aliphatic carbocycles. The normalized spacial score (nSPS) is 15.1. The van der Waals surface area contributed by atoms with Gasteiger partial charge in [0.1, 0.15) is 0 Å². The minimum absolute atomic E-state index is 0.404. The standard InChI is InChI=1S/C17H20N2/c18-10-9-12(11-19)17-15-7-3-1-5-13(15)14-6-2-4-8-16(14)17/h1-8,12,17H,9-11,18-19H2/t12-/m0/s1. The second kappa shape index (κ2) is 5.16. The Bertz CT molecular complexity index is 531. The molecule has 0 bridgehead atoms. The first kappa shape index (κ1) is 12.4. The Labute approximate surface area is 114 Å². The molecule has 2 aromatic rings. The van der Waals surface area contributed by atoms with E-state index in [4.69, 9.17) is 11.5 Å². The fourth-order valence-corrected chi connectivity index (χ4v) is 3.34. The summed E-state index contributed by atoms with van der Waals surface area (Å²) in [6.07, 6.45) is 0.976. The highest BCUT2D eigenvalue weighted by Gasteiger charge is 2.32. The van der Waals surface area contributed by atoms with E-state index in [9.17, 15) is 0 Å². The molecule has 1 atom stereocenters. The molecule has 0 radical (unpaired) electrons. The lowest BCUT2D eigenvalue weighted by Crippen LogP contribution is -2.24. The summed E-state index contributed by atoms with van der Waals surface area (Å²) in [5.74, 6) is 0.829. The second-order valence-corrected chi connectivity index (χ2v) is 5.23. The maximum atomic E-state index is 6.00. The van der Waals surface area contributed by atoms with Crippen LogP contribution in [0.25, 0.3) is 11.1 Å². The van der Waals surface area contributed by atoms with Crippen LogP contribution < -0.4 is 11.5 Å². The van der Waals surface area contributed by atoms with Crippen LogP contribution in [0.4, 0.5) is 0 Å². The average molecular weight is 252 g/mol. The zero-order valence-corrected chi connectivity index (χ0v) is 11.0. The smallest absolute Gasteiger partial charge is 0.0142 e. The van der Waals surface area contributed by atoms with Crippen molar-refractivity contribution in [2.45, 2.75) is 12.3 Å². The predicted molar refractivity (Wildman–Crippen MR) is 79.9 cm³/mol. The van der Waals surface area contributed by atoms with E-state index in [2.05, 4.69) is 48.5 Å². The number of benzene rings is 2. The number of hydrogen-bond acceptors (Lipinski definition) is 2. The summed E-state index contributed by atoms with van der Waals surface area (Å²) in [7, 11) is 0. The van der Waals surface area contributed by atoms with Crippen LogP contribution in [-0.2, 0) is 0 Å². The van der Waals surface area contributed by atoms with E-state index in [1.807, 2.05) is 0 Å². The van der Waals surface area contributed by atoms with E-state index >= 15 is 0 Å². The zero-order valence-electron chi connectivity index (χ0n) is 11.0. The van der Waals surface area contributed by atoms with Gasteiger partial charge in [0.25, 0.3) is 0 Å². The minimum atomic E-state index is 0.404. The first-order chi connectivity index (χ1) is 9.36. The van der Waals surface area contributed by atoms with Crippen LogP contribution in [0.15, 0.2) is 48.5 Å². The van der Waals surface area contributed by atoms with E-state index < -0.39 is 0 Å². The van der Waals surface area contributed by atoms with Crippen LogP contribution in [0.1, 0.15) is 23.5 Å². The SMILES string of the molecule is NCC[C@@H](CN)C1c2ccccc2-c2ccccc21. The molecule has 98 valence electrons. The summed E-state index contributed by atoms with van der Waals surface area (Å²) in [5.41, 5.74) is 17.3. The molecule has 0 unspecified atom stereocenters. The highest BCUT2D eigenvalue weighted by Crippen LogP contribution is 2.48. The minimum Gasteiger partial charge on any atom is -0.330 e. The zero-order chi connectivity index (χ0) is 13.2. The third kappa shape index (κ3) is 1.97. The van der Waals surface area contributed by atoms with Crippen molar-refractivity contribution in [1.82, 2.24) is 0 Å². The van der Waals surface area contributed by atoms with Gasteiger partial charge in [-0.3, -0.25) is 0 Å². The Morgan fingerprint density at radius 3 is 1.84 bits per heavy atom. The lowest BCUT2D eigenvalue weighted by Gasteiger charge is -2.23. The van der Waals surface area contributed by atoms with Crippen molar-refractivity contribution in [2.24, 2.45) is 17.4 Å². The van der Waals surface area contributed by atoms with Gasteiger partial charge in [-0.15, -0.1) is 0 Å². The highest BCUT2D eigenvalue weighted by molar-refractivity contribution is 5.78. The van der Waals surface area contributed by atoms with Gasteiger partial charge in [-0.05, 0) is 47.7 Å². The molecule has 3 rings (SSSR count). The van der Waals surface area contributed by atoms with Crippen molar-refractivity contribution >= 4 is 0 Å². The van der Waals surface area contributed by atoms with Crippen molar-refractivity contribution in [2.75, 3.05) is 13.1 Å². The van der Waals surface area contributed by atoms with Crippen molar-refractivity contribution in [3.63, 3.8) is 0 Å². The molecule has 0 heterocycles. The van der Waals surface area contributed by atoms with E-state index in [0.29, 0.717) is 24.9 Å². The Morgan fingerprint density at radius 2 is 1.37 bits per heavy atom. The third-order valence-electron chi connectivity index (χ3n) is 4.19. The summed E-state index contributed by atoms with van der Waals surface area (Å²) in [6.45, 7) is 1.38. The molecule has 0 saturated heterocycles. The summed E-state index contributed by atoms with van der Waals surface area (Å²) < 4.78 is 0. The molecular formula is C17H20N2. The first-order valence-corrected chi connectivity index (χ1v) is 6.95. The Kier molecular flexibility index (Phi) is 3.36. The Balaban J connectivity index is 2.14. The molecule has 2 nitrogen and oxygen atoms in total. The topological polar surface area (TPSA) is 52.0 Å². The van der Waals surface area contributed by atoms with Gasteiger partial charge >= 0.3 is 0 Å². The van der Waals surface area contributed by atoms with Crippen molar-refractivity contribution in [3.8, 4) is 11.1 Å². The molecule has 19 heavy (non-hydrogen) atoms. The summed E-state index contributed by atoms with van der Waals surface area (Å²) in [4.78, 5) is 0. The van der Waals surface area contributed by atoms with Crippen molar-refractivity contribution < 1.29 is 0 Å².